The van der Waals surface area contributed by atoms with E-state index in [1.54, 1.807) is 0 Å². The maximum atomic E-state index is 10.4. The Kier molecular flexibility index (Phi) is 4.90. The molecule has 1 heterocycles. The SMILES string of the molecule is CCN1CCCNC(CCC(=O)O)C1. The van der Waals surface area contributed by atoms with Gasteiger partial charge in [0.05, 0.1) is 0 Å². The van der Waals surface area contributed by atoms with Gasteiger partial charge in [0.25, 0.3) is 0 Å². The minimum Gasteiger partial charge on any atom is -0.481 e. The van der Waals surface area contributed by atoms with Crippen LogP contribution in [0.4, 0.5) is 0 Å². The van der Waals surface area contributed by atoms with Crippen molar-refractivity contribution in [3.05, 3.63) is 0 Å². The van der Waals surface area contributed by atoms with Crippen molar-refractivity contribution in [3.63, 3.8) is 0 Å². The zero-order valence-electron chi connectivity index (χ0n) is 8.83. The molecular formula is C10H20N2O2. The van der Waals surface area contributed by atoms with Crippen LogP contribution in [-0.2, 0) is 4.79 Å². The highest BCUT2D eigenvalue weighted by atomic mass is 16.4. The number of rotatable bonds is 4. The highest BCUT2D eigenvalue weighted by Gasteiger charge is 2.16. The van der Waals surface area contributed by atoms with Crippen LogP contribution in [0.25, 0.3) is 0 Å². The van der Waals surface area contributed by atoms with Crippen molar-refractivity contribution >= 4 is 5.97 Å². The second-order valence-corrected chi connectivity index (χ2v) is 3.83. The number of hydrogen-bond acceptors (Lipinski definition) is 3. The van der Waals surface area contributed by atoms with Gasteiger partial charge in [-0.3, -0.25) is 4.79 Å². The molecular weight excluding hydrogens is 180 g/mol. The van der Waals surface area contributed by atoms with Crippen molar-refractivity contribution in [1.29, 1.82) is 0 Å². The van der Waals surface area contributed by atoms with E-state index in [1.807, 2.05) is 0 Å². The number of carboxylic acids is 1. The third-order valence-electron chi connectivity index (χ3n) is 2.72. The maximum Gasteiger partial charge on any atom is 0.303 e. The van der Waals surface area contributed by atoms with Gasteiger partial charge in [0.15, 0.2) is 0 Å². The summed E-state index contributed by atoms with van der Waals surface area (Å²) in [6.45, 7) is 6.35. The number of hydrogen-bond donors (Lipinski definition) is 2. The van der Waals surface area contributed by atoms with Gasteiger partial charge in [-0.15, -0.1) is 0 Å². The summed E-state index contributed by atoms with van der Waals surface area (Å²) in [7, 11) is 0. The van der Waals surface area contributed by atoms with Crippen molar-refractivity contribution in [2.75, 3.05) is 26.2 Å². The molecule has 1 saturated heterocycles. The lowest BCUT2D eigenvalue weighted by molar-refractivity contribution is -0.137. The fourth-order valence-electron chi connectivity index (χ4n) is 1.85. The Morgan fingerprint density at radius 3 is 3.07 bits per heavy atom. The number of nitrogens with zero attached hydrogens (tertiary/aromatic N) is 1. The quantitative estimate of drug-likeness (QED) is 0.695. The van der Waals surface area contributed by atoms with E-state index in [2.05, 4.69) is 17.1 Å². The molecule has 0 bridgehead atoms. The Morgan fingerprint density at radius 1 is 1.64 bits per heavy atom. The molecule has 82 valence electrons. The molecule has 1 aliphatic rings. The number of nitrogens with one attached hydrogen (secondary N) is 1. The fourth-order valence-corrected chi connectivity index (χ4v) is 1.85. The first-order valence-corrected chi connectivity index (χ1v) is 5.40. The van der Waals surface area contributed by atoms with E-state index in [9.17, 15) is 4.79 Å². The van der Waals surface area contributed by atoms with Gasteiger partial charge >= 0.3 is 5.97 Å². The Labute approximate surface area is 85.3 Å². The average Bonchev–Trinajstić information content (AvgIpc) is 2.39. The summed E-state index contributed by atoms with van der Waals surface area (Å²) in [5.41, 5.74) is 0. The fraction of sp³-hybridized carbons (Fsp3) is 0.900. The molecule has 0 aromatic carbocycles. The zero-order valence-corrected chi connectivity index (χ0v) is 8.83. The lowest BCUT2D eigenvalue weighted by atomic mass is 10.1. The van der Waals surface area contributed by atoms with E-state index in [0.717, 1.165) is 39.0 Å². The summed E-state index contributed by atoms with van der Waals surface area (Å²) in [4.78, 5) is 12.8. The van der Waals surface area contributed by atoms with Crippen LogP contribution in [0, 0.1) is 0 Å². The number of carbonyl (C=O) groups is 1. The first kappa shape index (κ1) is 11.5. The van der Waals surface area contributed by atoms with Gasteiger partial charge in [0.2, 0.25) is 0 Å². The summed E-state index contributed by atoms with van der Waals surface area (Å²) in [5.74, 6) is -0.695. The second-order valence-electron chi connectivity index (χ2n) is 3.83. The molecule has 0 aromatic heterocycles. The number of likely N-dealkylation sites (N-methyl/N-ethyl adjacent to an activating group) is 1. The molecule has 0 saturated carbocycles. The summed E-state index contributed by atoms with van der Waals surface area (Å²) >= 11 is 0. The Morgan fingerprint density at radius 2 is 2.43 bits per heavy atom. The van der Waals surface area contributed by atoms with Crippen LogP contribution in [0.5, 0.6) is 0 Å². The largest absolute Gasteiger partial charge is 0.481 e. The van der Waals surface area contributed by atoms with Crippen LogP contribution < -0.4 is 5.32 Å². The number of aliphatic carboxylic acids is 1. The van der Waals surface area contributed by atoms with Gasteiger partial charge < -0.3 is 15.3 Å². The average molecular weight is 200 g/mol. The van der Waals surface area contributed by atoms with E-state index in [1.165, 1.54) is 0 Å². The highest BCUT2D eigenvalue weighted by Crippen LogP contribution is 2.05. The molecule has 1 fully saturated rings. The van der Waals surface area contributed by atoms with E-state index in [0.29, 0.717) is 6.04 Å². The Hall–Kier alpha value is -0.610. The van der Waals surface area contributed by atoms with Crippen LogP contribution >= 0.6 is 0 Å². The van der Waals surface area contributed by atoms with Gasteiger partial charge in [-0.05, 0) is 32.5 Å². The summed E-state index contributed by atoms with van der Waals surface area (Å²) in [6.07, 6.45) is 2.18. The molecule has 2 N–H and O–H groups in total. The van der Waals surface area contributed by atoms with Crippen LogP contribution in [0.3, 0.4) is 0 Å². The normalized spacial score (nSPS) is 24.5. The third kappa shape index (κ3) is 4.07. The van der Waals surface area contributed by atoms with Gasteiger partial charge in [-0.1, -0.05) is 6.92 Å². The first-order valence-electron chi connectivity index (χ1n) is 5.40. The highest BCUT2D eigenvalue weighted by molar-refractivity contribution is 5.66. The molecule has 0 spiro atoms. The van der Waals surface area contributed by atoms with Gasteiger partial charge in [-0.2, -0.15) is 0 Å². The first-order chi connectivity index (χ1) is 6.72. The van der Waals surface area contributed by atoms with E-state index in [-0.39, 0.29) is 6.42 Å². The predicted octanol–water partition coefficient (Wildman–Crippen LogP) is 0.535. The monoisotopic (exact) mass is 200 g/mol. The topological polar surface area (TPSA) is 52.6 Å². The molecule has 14 heavy (non-hydrogen) atoms. The van der Waals surface area contributed by atoms with Crippen molar-refractivity contribution in [3.8, 4) is 0 Å². The standard InChI is InChI=1S/C10H20N2O2/c1-2-12-7-3-6-11-9(8-12)4-5-10(13)14/h9,11H,2-8H2,1H3,(H,13,14). The molecule has 0 radical (unpaired) electrons. The maximum absolute atomic E-state index is 10.4. The number of carboxylic acid groups (broad SMARTS) is 1. The smallest absolute Gasteiger partial charge is 0.303 e. The van der Waals surface area contributed by atoms with Gasteiger partial charge in [0, 0.05) is 19.0 Å². The Bertz CT molecular complexity index is 185. The van der Waals surface area contributed by atoms with Crippen LogP contribution in [0.15, 0.2) is 0 Å². The summed E-state index contributed by atoms with van der Waals surface area (Å²) < 4.78 is 0. The molecule has 1 aliphatic heterocycles. The lowest BCUT2D eigenvalue weighted by Gasteiger charge is -2.22. The minimum atomic E-state index is -0.695. The Balaban J connectivity index is 2.31. The van der Waals surface area contributed by atoms with Crippen molar-refractivity contribution in [1.82, 2.24) is 10.2 Å². The predicted molar refractivity (Wildman–Crippen MR) is 55.4 cm³/mol. The van der Waals surface area contributed by atoms with Crippen LogP contribution in [0.1, 0.15) is 26.2 Å². The molecule has 0 aliphatic carbocycles. The van der Waals surface area contributed by atoms with Crippen LogP contribution in [-0.4, -0.2) is 48.2 Å². The molecule has 1 unspecified atom stereocenters. The summed E-state index contributed by atoms with van der Waals surface area (Å²) in [5, 5.41) is 12.0. The van der Waals surface area contributed by atoms with E-state index >= 15 is 0 Å². The molecule has 4 heteroatoms. The molecule has 1 atom stereocenters. The van der Waals surface area contributed by atoms with Crippen molar-refractivity contribution in [2.45, 2.75) is 32.2 Å². The summed E-state index contributed by atoms with van der Waals surface area (Å²) in [6, 6.07) is 0.355. The zero-order chi connectivity index (χ0) is 10.4. The van der Waals surface area contributed by atoms with E-state index < -0.39 is 5.97 Å². The van der Waals surface area contributed by atoms with Gasteiger partial charge in [0.1, 0.15) is 0 Å². The van der Waals surface area contributed by atoms with Crippen molar-refractivity contribution in [2.24, 2.45) is 0 Å². The lowest BCUT2D eigenvalue weighted by Crippen LogP contribution is -2.37. The molecule has 4 nitrogen and oxygen atoms in total. The molecule has 0 amide bonds. The van der Waals surface area contributed by atoms with Crippen LogP contribution in [0.2, 0.25) is 0 Å². The molecule has 1 rings (SSSR count). The molecule has 0 aromatic rings. The van der Waals surface area contributed by atoms with E-state index in [4.69, 9.17) is 5.11 Å². The second kappa shape index (κ2) is 5.98. The van der Waals surface area contributed by atoms with Crippen molar-refractivity contribution < 1.29 is 9.90 Å². The third-order valence-corrected chi connectivity index (χ3v) is 2.72. The minimum absolute atomic E-state index is 0.273. The van der Waals surface area contributed by atoms with Gasteiger partial charge in [-0.25, -0.2) is 0 Å².